The molecule has 0 fully saturated rings. The van der Waals surface area contributed by atoms with Crippen molar-refractivity contribution in [2.45, 2.75) is 13.5 Å². The van der Waals surface area contributed by atoms with Crippen LogP contribution in [0.1, 0.15) is 23.6 Å². The highest BCUT2D eigenvalue weighted by Gasteiger charge is 2.32. The van der Waals surface area contributed by atoms with Gasteiger partial charge in [0.05, 0.1) is 26.4 Å². The molecule has 0 N–H and O–H groups in total. The molecule has 9 heteroatoms. The van der Waals surface area contributed by atoms with E-state index in [4.69, 9.17) is 14.6 Å². The van der Waals surface area contributed by atoms with Gasteiger partial charge in [0.15, 0.2) is 11.5 Å². The van der Waals surface area contributed by atoms with Crippen molar-refractivity contribution in [3.8, 4) is 11.5 Å². The number of benzene rings is 4. The molecule has 8 nitrogen and oxygen atoms in total. The lowest BCUT2D eigenvalue weighted by Crippen LogP contribution is -2.21. The van der Waals surface area contributed by atoms with Crippen LogP contribution in [-0.2, 0) is 11.4 Å². The molecular weight excluding hydrogens is 621 g/mol. The molecule has 5 rings (SSSR count). The number of amides is 1. The number of carbonyl (C=O) groups is 1. The fourth-order valence-corrected chi connectivity index (χ4v) is 4.99. The number of nitro benzene ring substituents is 1. The average molecular weight is 645 g/mol. The first-order valence-corrected chi connectivity index (χ1v) is 13.6. The summed E-state index contributed by atoms with van der Waals surface area (Å²) in [4.78, 5) is 24.1. The number of halogens is 1. The van der Waals surface area contributed by atoms with Crippen molar-refractivity contribution in [3.63, 3.8) is 0 Å². The van der Waals surface area contributed by atoms with Crippen LogP contribution >= 0.6 is 22.6 Å². The highest BCUT2D eigenvalue weighted by atomic mass is 127. The van der Waals surface area contributed by atoms with Gasteiger partial charge in [0.25, 0.3) is 11.6 Å². The second kappa shape index (κ2) is 12.1. The largest absolute Gasteiger partial charge is 0.490 e. The van der Waals surface area contributed by atoms with Crippen LogP contribution in [0.15, 0.2) is 108 Å². The molecule has 0 bridgehead atoms. The molecule has 40 heavy (non-hydrogen) atoms. The molecule has 1 aliphatic heterocycles. The average Bonchev–Trinajstić information content (AvgIpc) is 3.29. The fourth-order valence-electron chi connectivity index (χ4n) is 4.21. The van der Waals surface area contributed by atoms with E-state index in [0.29, 0.717) is 35.1 Å². The normalized spacial score (nSPS) is 13.8. The number of nitro groups is 1. The number of rotatable bonds is 9. The molecule has 4 aromatic carbocycles. The predicted octanol–water partition coefficient (Wildman–Crippen LogP) is 7.01. The third-order valence-corrected chi connectivity index (χ3v) is 6.90. The number of hydrogen-bond acceptors (Lipinski definition) is 6. The SMILES string of the molecule is CCOc1cc(/C=C2\C(=O)N(c3ccccc3)N=C2c2ccccc2)cc(I)c1OCc1ccc([N+](=O)[O-])cc1. The van der Waals surface area contributed by atoms with Gasteiger partial charge in [-0.25, -0.2) is 0 Å². The fraction of sp³-hybridized carbons (Fsp3) is 0.0968. The van der Waals surface area contributed by atoms with E-state index in [9.17, 15) is 14.9 Å². The van der Waals surface area contributed by atoms with E-state index in [1.54, 1.807) is 12.1 Å². The first-order valence-electron chi connectivity index (χ1n) is 12.5. The number of ether oxygens (including phenoxy) is 2. The molecule has 0 saturated heterocycles. The molecule has 0 unspecified atom stereocenters. The Hall–Kier alpha value is -4.51. The van der Waals surface area contributed by atoms with Gasteiger partial charge in [0.1, 0.15) is 12.3 Å². The Morgan fingerprint density at radius 3 is 2.27 bits per heavy atom. The number of anilines is 1. The van der Waals surface area contributed by atoms with Gasteiger partial charge in [-0.3, -0.25) is 14.9 Å². The van der Waals surface area contributed by atoms with E-state index in [1.165, 1.54) is 17.1 Å². The summed E-state index contributed by atoms with van der Waals surface area (Å²) in [6.45, 7) is 2.52. The van der Waals surface area contributed by atoms with Crippen molar-refractivity contribution in [1.82, 2.24) is 0 Å². The van der Waals surface area contributed by atoms with Gasteiger partial charge >= 0.3 is 0 Å². The van der Waals surface area contributed by atoms with Gasteiger partial charge in [-0.15, -0.1) is 0 Å². The summed E-state index contributed by atoms with van der Waals surface area (Å²) in [5.74, 6) is 0.867. The van der Waals surface area contributed by atoms with Crippen LogP contribution in [0.2, 0.25) is 0 Å². The minimum absolute atomic E-state index is 0.0245. The molecule has 0 radical (unpaired) electrons. The molecule has 0 spiro atoms. The van der Waals surface area contributed by atoms with Crippen molar-refractivity contribution in [2.75, 3.05) is 11.6 Å². The Balaban J connectivity index is 1.48. The predicted molar refractivity (Wildman–Crippen MR) is 163 cm³/mol. The zero-order valence-electron chi connectivity index (χ0n) is 21.5. The van der Waals surface area contributed by atoms with Crippen LogP contribution in [0.4, 0.5) is 11.4 Å². The maximum absolute atomic E-state index is 13.6. The Labute approximate surface area is 244 Å². The van der Waals surface area contributed by atoms with Crippen molar-refractivity contribution in [1.29, 1.82) is 0 Å². The standard InChI is InChI=1S/C31H24IN3O5/c1-2-39-28-19-22(18-27(32)30(28)40-20-21-13-15-25(16-14-21)35(37)38)17-26-29(23-9-5-3-6-10-23)33-34(31(26)36)24-11-7-4-8-12-24/h3-19H,2,20H2,1H3/b26-17-. The summed E-state index contributed by atoms with van der Waals surface area (Å²) >= 11 is 2.18. The van der Waals surface area contributed by atoms with Crippen LogP contribution < -0.4 is 14.5 Å². The first-order chi connectivity index (χ1) is 19.4. The van der Waals surface area contributed by atoms with Crippen molar-refractivity contribution in [2.24, 2.45) is 5.10 Å². The van der Waals surface area contributed by atoms with Crippen LogP contribution in [-0.4, -0.2) is 23.1 Å². The van der Waals surface area contributed by atoms with Gasteiger partial charge in [0, 0.05) is 17.7 Å². The van der Waals surface area contributed by atoms with Gasteiger partial charge in [-0.05, 0) is 83.1 Å². The second-order valence-corrected chi connectivity index (χ2v) is 9.96. The lowest BCUT2D eigenvalue weighted by Gasteiger charge is -2.15. The van der Waals surface area contributed by atoms with E-state index in [2.05, 4.69) is 22.6 Å². The second-order valence-electron chi connectivity index (χ2n) is 8.80. The Kier molecular flexibility index (Phi) is 8.20. The highest BCUT2D eigenvalue weighted by Crippen LogP contribution is 2.36. The number of nitrogens with zero attached hydrogens (tertiary/aromatic N) is 3. The number of hydrazone groups is 1. The van der Waals surface area contributed by atoms with E-state index in [-0.39, 0.29) is 18.2 Å². The van der Waals surface area contributed by atoms with Gasteiger partial charge in [-0.2, -0.15) is 10.1 Å². The third kappa shape index (κ3) is 5.89. The summed E-state index contributed by atoms with van der Waals surface area (Å²) < 4.78 is 12.8. The Morgan fingerprint density at radius 2 is 1.62 bits per heavy atom. The number of hydrogen-bond donors (Lipinski definition) is 0. The van der Waals surface area contributed by atoms with Crippen LogP contribution in [0, 0.1) is 13.7 Å². The molecule has 200 valence electrons. The van der Waals surface area contributed by atoms with Gasteiger partial charge in [-0.1, -0.05) is 48.5 Å². The molecule has 1 aliphatic rings. The summed E-state index contributed by atoms with van der Waals surface area (Å²) in [5, 5.41) is 17.1. The summed E-state index contributed by atoms with van der Waals surface area (Å²) in [5.41, 5.74) is 4.14. The topological polar surface area (TPSA) is 94.3 Å². The lowest BCUT2D eigenvalue weighted by molar-refractivity contribution is -0.384. The molecular formula is C31H24IN3O5. The summed E-state index contributed by atoms with van der Waals surface area (Å²) in [6, 6.07) is 28.9. The maximum Gasteiger partial charge on any atom is 0.281 e. The molecule has 1 amide bonds. The van der Waals surface area contributed by atoms with Crippen LogP contribution in [0.25, 0.3) is 6.08 Å². The number of para-hydroxylation sites is 1. The first kappa shape index (κ1) is 27.1. The Morgan fingerprint density at radius 1 is 0.950 bits per heavy atom. The minimum Gasteiger partial charge on any atom is -0.490 e. The quantitative estimate of drug-likeness (QED) is 0.0845. The minimum atomic E-state index is -0.434. The van der Waals surface area contributed by atoms with E-state index in [0.717, 1.165) is 20.3 Å². The number of carbonyl (C=O) groups excluding carboxylic acids is 1. The molecule has 0 saturated carbocycles. The molecule has 0 atom stereocenters. The molecule has 0 aliphatic carbocycles. The number of non-ortho nitro benzene ring substituents is 1. The molecule has 0 aromatic heterocycles. The zero-order valence-corrected chi connectivity index (χ0v) is 23.6. The Bertz CT molecular complexity index is 1600. The smallest absolute Gasteiger partial charge is 0.281 e. The monoisotopic (exact) mass is 645 g/mol. The van der Waals surface area contributed by atoms with Crippen molar-refractivity contribution >= 4 is 51.7 Å². The van der Waals surface area contributed by atoms with Crippen LogP contribution in [0.5, 0.6) is 11.5 Å². The van der Waals surface area contributed by atoms with Gasteiger partial charge < -0.3 is 9.47 Å². The molecule has 1 heterocycles. The zero-order chi connectivity index (χ0) is 28.1. The maximum atomic E-state index is 13.6. The highest BCUT2D eigenvalue weighted by molar-refractivity contribution is 14.1. The van der Waals surface area contributed by atoms with Crippen molar-refractivity contribution < 1.29 is 19.2 Å². The van der Waals surface area contributed by atoms with E-state index < -0.39 is 4.92 Å². The van der Waals surface area contributed by atoms with Gasteiger partial charge in [0.2, 0.25) is 0 Å². The van der Waals surface area contributed by atoms with Crippen LogP contribution in [0.3, 0.4) is 0 Å². The van der Waals surface area contributed by atoms with E-state index >= 15 is 0 Å². The van der Waals surface area contributed by atoms with Crippen molar-refractivity contribution in [3.05, 3.63) is 133 Å². The lowest BCUT2D eigenvalue weighted by atomic mass is 10.00. The molecule has 4 aromatic rings. The third-order valence-electron chi connectivity index (χ3n) is 6.10. The van der Waals surface area contributed by atoms with E-state index in [1.807, 2.05) is 85.8 Å². The summed E-state index contributed by atoms with van der Waals surface area (Å²) in [7, 11) is 0. The summed E-state index contributed by atoms with van der Waals surface area (Å²) in [6.07, 6.45) is 1.82.